The Morgan fingerprint density at radius 1 is 1.43 bits per heavy atom. The van der Waals surface area contributed by atoms with Gasteiger partial charge in [0.25, 0.3) is 0 Å². The average Bonchev–Trinajstić information content (AvgIpc) is 2.47. The van der Waals surface area contributed by atoms with Crippen LogP contribution < -0.4 is 4.90 Å². The lowest BCUT2D eigenvalue weighted by atomic mass is 10.1. The smallest absolute Gasteiger partial charge is 0.339 e. The number of nitrogens with zero attached hydrogens (tertiary/aromatic N) is 2. The number of aliphatic hydroxyl groups is 1. The van der Waals surface area contributed by atoms with Gasteiger partial charge in [0.2, 0.25) is 5.91 Å². The second kappa shape index (κ2) is 6.69. The predicted molar refractivity (Wildman–Crippen MR) is 77.9 cm³/mol. The molecule has 0 aliphatic carbocycles. The summed E-state index contributed by atoms with van der Waals surface area (Å²) in [5.74, 6) is -0.675. The summed E-state index contributed by atoms with van der Waals surface area (Å²) in [6.07, 6.45) is -1.33. The highest BCUT2D eigenvalue weighted by Gasteiger charge is 2.24. The lowest BCUT2D eigenvalue weighted by Gasteiger charge is -2.32. The average molecular weight is 292 g/mol. The van der Waals surface area contributed by atoms with E-state index in [0.29, 0.717) is 24.3 Å². The first kappa shape index (κ1) is 15.5. The highest BCUT2D eigenvalue weighted by atomic mass is 16.5. The van der Waals surface area contributed by atoms with Crippen LogP contribution in [0.2, 0.25) is 0 Å². The van der Waals surface area contributed by atoms with Gasteiger partial charge in [0.1, 0.15) is 0 Å². The summed E-state index contributed by atoms with van der Waals surface area (Å²) in [7, 11) is 1.90. The number of ether oxygens (including phenoxy) is 1. The predicted octanol–water partition coefficient (Wildman–Crippen LogP) is 0.561. The largest absolute Gasteiger partial charge is 0.464 e. The van der Waals surface area contributed by atoms with Crippen LogP contribution in [0.4, 0.5) is 5.69 Å². The van der Waals surface area contributed by atoms with Crippen LogP contribution in [0, 0.1) is 0 Å². The van der Waals surface area contributed by atoms with Crippen LogP contribution in [0.3, 0.4) is 0 Å². The van der Waals surface area contributed by atoms with E-state index in [9.17, 15) is 14.7 Å². The second-order valence-electron chi connectivity index (χ2n) is 5.03. The van der Waals surface area contributed by atoms with E-state index in [1.54, 1.807) is 36.1 Å². The molecule has 21 heavy (non-hydrogen) atoms. The number of likely N-dealkylation sites (N-methyl/N-ethyl adjacent to an activating group) is 1. The molecule has 1 aliphatic rings. The van der Waals surface area contributed by atoms with Crippen molar-refractivity contribution in [3.63, 3.8) is 0 Å². The molecule has 0 saturated carbocycles. The van der Waals surface area contributed by atoms with Gasteiger partial charge < -0.3 is 14.7 Å². The van der Waals surface area contributed by atoms with E-state index in [1.165, 1.54) is 0 Å². The van der Waals surface area contributed by atoms with Crippen molar-refractivity contribution in [1.82, 2.24) is 4.90 Å². The zero-order valence-corrected chi connectivity index (χ0v) is 12.3. The van der Waals surface area contributed by atoms with Gasteiger partial charge >= 0.3 is 5.97 Å². The third-order valence-corrected chi connectivity index (χ3v) is 3.42. The Morgan fingerprint density at radius 2 is 2.19 bits per heavy atom. The number of amides is 1. The summed E-state index contributed by atoms with van der Waals surface area (Å²) in [5.41, 5.74) is 1.12. The first-order valence-electron chi connectivity index (χ1n) is 6.96. The maximum atomic E-state index is 12.1. The standard InChI is InChI=1S/C15H20N2O4/c1-3-21-15(20)14(19)11-5-4-6-12(9-11)17-8-7-16(2)10-13(17)18/h4-6,9,14,19H,3,7-8,10H2,1-2H3. The van der Waals surface area contributed by atoms with Gasteiger partial charge in [-0.2, -0.15) is 0 Å². The van der Waals surface area contributed by atoms with Gasteiger partial charge in [-0.25, -0.2) is 4.79 Å². The number of carbonyl (C=O) groups excluding carboxylic acids is 2. The van der Waals surface area contributed by atoms with E-state index < -0.39 is 12.1 Å². The van der Waals surface area contributed by atoms with E-state index in [4.69, 9.17) is 4.74 Å². The molecule has 1 N–H and O–H groups in total. The van der Waals surface area contributed by atoms with Crippen molar-refractivity contribution in [3.8, 4) is 0 Å². The first-order chi connectivity index (χ1) is 10.0. The molecule has 0 bridgehead atoms. The van der Waals surface area contributed by atoms with E-state index in [1.807, 2.05) is 11.9 Å². The Balaban J connectivity index is 2.17. The monoisotopic (exact) mass is 292 g/mol. The normalized spacial score (nSPS) is 17.7. The Bertz CT molecular complexity index is 532. The number of carbonyl (C=O) groups is 2. The Morgan fingerprint density at radius 3 is 2.86 bits per heavy atom. The van der Waals surface area contributed by atoms with Gasteiger partial charge in [0.05, 0.1) is 13.2 Å². The van der Waals surface area contributed by atoms with Crippen LogP contribution in [0.15, 0.2) is 24.3 Å². The van der Waals surface area contributed by atoms with E-state index in [2.05, 4.69) is 0 Å². The lowest BCUT2D eigenvalue weighted by Crippen LogP contribution is -2.48. The molecule has 6 heteroatoms. The quantitative estimate of drug-likeness (QED) is 0.821. The number of piperazine rings is 1. The molecular formula is C15H20N2O4. The molecule has 2 rings (SSSR count). The Kier molecular flexibility index (Phi) is 4.93. The van der Waals surface area contributed by atoms with Crippen molar-refractivity contribution in [2.75, 3.05) is 38.2 Å². The number of hydrogen-bond donors (Lipinski definition) is 1. The molecule has 1 aromatic rings. The number of hydrogen-bond acceptors (Lipinski definition) is 5. The van der Waals surface area contributed by atoms with Crippen LogP contribution in [-0.2, 0) is 14.3 Å². The molecule has 0 spiro atoms. The summed E-state index contributed by atoms with van der Waals surface area (Å²) < 4.78 is 4.80. The molecule has 1 aromatic carbocycles. The molecule has 1 saturated heterocycles. The van der Waals surface area contributed by atoms with Crippen molar-refractivity contribution in [2.24, 2.45) is 0 Å². The Labute approximate surface area is 123 Å². The number of aliphatic hydroxyl groups excluding tert-OH is 1. The van der Waals surface area contributed by atoms with Crippen molar-refractivity contribution in [1.29, 1.82) is 0 Å². The van der Waals surface area contributed by atoms with E-state index in [0.717, 1.165) is 6.54 Å². The minimum absolute atomic E-state index is 0.00604. The van der Waals surface area contributed by atoms with Crippen LogP contribution in [-0.4, -0.2) is 55.2 Å². The van der Waals surface area contributed by atoms with Crippen molar-refractivity contribution < 1.29 is 19.4 Å². The minimum Gasteiger partial charge on any atom is -0.464 e. The summed E-state index contributed by atoms with van der Waals surface area (Å²) in [4.78, 5) is 27.3. The molecule has 1 fully saturated rings. The molecule has 1 atom stereocenters. The molecule has 0 radical (unpaired) electrons. The number of benzene rings is 1. The zero-order chi connectivity index (χ0) is 15.4. The van der Waals surface area contributed by atoms with E-state index >= 15 is 0 Å². The fraction of sp³-hybridized carbons (Fsp3) is 0.467. The van der Waals surface area contributed by atoms with Gasteiger partial charge in [-0.05, 0) is 31.7 Å². The fourth-order valence-electron chi connectivity index (χ4n) is 2.28. The summed E-state index contributed by atoms with van der Waals surface area (Å²) in [5, 5.41) is 9.96. The van der Waals surface area contributed by atoms with Crippen molar-refractivity contribution in [2.45, 2.75) is 13.0 Å². The highest BCUT2D eigenvalue weighted by molar-refractivity contribution is 5.95. The van der Waals surface area contributed by atoms with Gasteiger partial charge in [-0.15, -0.1) is 0 Å². The SMILES string of the molecule is CCOC(=O)C(O)c1cccc(N2CCN(C)CC2=O)c1. The molecule has 6 nitrogen and oxygen atoms in total. The van der Waals surface area contributed by atoms with Crippen molar-refractivity contribution in [3.05, 3.63) is 29.8 Å². The third kappa shape index (κ3) is 3.59. The van der Waals surface area contributed by atoms with Crippen LogP contribution in [0.5, 0.6) is 0 Å². The fourth-order valence-corrected chi connectivity index (χ4v) is 2.28. The molecular weight excluding hydrogens is 272 g/mol. The maximum Gasteiger partial charge on any atom is 0.339 e. The lowest BCUT2D eigenvalue weighted by molar-refractivity contribution is -0.153. The number of esters is 1. The van der Waals surface area contributed by atoms with E-state index in [-0.39, 0.29) is 12.5 Å². The molecule has 1 heterocycles. The van der Waals surface area contributed by atoms with Crippen molar-refractivity contribution >= 4 is 17.6 Å². The topological polar surface area (TPSA) is 70.1 Å². The van der Waals surface area contributed by atoms with Gasteiger partial charge in [0.15, 0.2) is 6.10 Å². The van der Waals surface area contributed by atoms with Gasteiger partial charge in [0, 0.05) is 18.8 Å². The van der Waals surface area contributed by atoms with Gasteiger partial charge in [-0.1, -0.05) is 12.1 Å². The molecule has 0 aromatic heterocycles. The Hall–Kier alpha value is -1.92. The summed E-state index contributed by atoms with van der Waals surface area (Å²) in [6.45, 7) is 3.64. The number of rotatable bonds is 4. The third-order valence-electron chi connectivity index (χ3n) is 3.42. The minimum atomic E-state index is -1.33. The molecule has 1 amide bonds. The second-order valence-corrected chi connectivity index (χ2v) is 5.03. The van der Waals surface area contributed by atoms with Gasteiger partial charge in [-0.3, -0.25) is 9.69 Å². The zero-order valence-electron chi connectivity index (χ0n) is 12.3. The first-order valence-corrected chi connectivity index (χ1v) is 6.96. The maximum absolute atomic E-state index is 12.1. The molecule has 1 aliphatic heterocycles. The van der Waals surface area contributed by atoms with Crippen LogP contribution in [0.1, 0.15) is 18.6 Å². The molecule has 1 unspecified atom stereocenters. The van der Waals surface area contributed by atoms with Crippen LogP contribution in [0.25, 0.3) is 0 Å². The highest BCUT2D eigenvalue weighted by Crippen LogP contribution is 2.23. The summed E-state index contributed by atoms with van der Waals surface area (Å²) in [6, 6.07) is 6.82. The van der Waals surface area contributed by atoms with Crippen LogP contribution >= 0.6 is 0 Å². The molecule has 114 valence electrons. The number of anilines is 1. The summed E-state index contributed by atoms with van der Waals surface area (Å²) >= 11 is 0.